The van der Waals surface area contributed by atoms with Crippen molar-refractivity contribution >= 4 is 60.2 Å². The summed E-state index contributed by atoms with van der Waals surface area (Å²) in [5.41, 5.74) is 7.05. The van der Waals surface area contributed by atoms with Crippen molar-refractivity contribution in [2.75, 3.05) is 31.9 Å². The summed E-state index contributed by atoms with van der Waals surface area (Å²) in [5.74, 6) is 0.0700. The molecule has 2 aromatic rings. The maximum Gasteiger partial charge on any atom is 0.254 e. The second-order valence-corrected chi connectivity index (χ2v) is 6.86. The summed E-state index contributed by atoms with van der Waals surface area (Å²) in [5, 5.41) is 1.10. The topological polar surface area (TPSA) is 62.5 Å². The molecule has 0 radical (unpaired) electrons. The number of thiazole rings is 1. The Morgan fingerprint density at radius 2 is 1.88 bits per heavy atom. The molecule has 2 heterocycles. The lowest BCUT2D eigenvalue weighted by Gasteiger charge is -2.34. The van der Waals surface area contributed by atoms with Crippen molar-refractivity contribution in [1.82, 2.24) is 14.8 Å². The van der Waals surface area contributed by atoms with E-state index in [1.54, 1.807) is 23.5 Å². The van der Waals surface area contributed by atoms with E-state index >= 15 is 0 Å². The minimum atomic E-state index is 0. The standard InChI is InChI=1S/C16H20N4OS.3ClH/c1-12-18-10-15(22-12)11-19-5-7-20(8-6-19)16(21)13-3-2-4-14(17)9-13;;;/h2-4,9-10H,5-8,11,17H2,1H3;3*1H. The van der Waals surface area contributed by atoms with Crippen LogP contribution in [0.15, 0.2) is 30.5 Å². The Hall–Kier alpha value is -1.05. The van der Waals surface area contributed by atoms with E-state index in [0.717, 1.165) is 37.7 Å². The number of nitrogen functional groups attached to an aromatic ring is 1. The molecule has 140 valence electrons. The number of aryl methyl sites for hydroxylation is 1. The monoisotopic (exact) mass is 424 g/mol. The number of amides is 1. The van der Waals surface area contributed by atoms with E-state index in [9.17, 15) is 4.79 Å². The van der Waals surface area contributed by atoms with Gasteiger partial charge in [-0.1, -0.05) is 6.07 Å². The third-order valence-electron chi connectivity index (χ3n) is 3.84. The molecule has 9 heteroatoms. The van der Waals surface area contributed by atoms with Crippen molar-refractivity contribution in [1.29, 1.82) is 0 Å². The summed E-state index contributed by atoms with van der Waals surface area (Å²) in [7, 11) is 0. The molecule has 1 aliphatic heterocycles. The average molecular weight is 426 g/mol. The van der Waals surface area contributed by atoms with E-state index in [1.165, 1.54) is 4.88 Å². The molecule has 1 amide bonds. The number of nitrogens with two attached hydrogens (primary N) is 1. The van der Waals surface area contributed by atoms with Crippen LogP contribution in [0, 0.1) is 6.92 Å². The van der Waals surface area contributed by atoms with Crippen molar-refractivity contribution < 1.29 is 4.79 Å². The smallest absolute Gasteiger partial charge is 0.254 e. The number of piperazine rings is 1. The molecule has 0 unspecified atom stereocenters. The fourth-order valence-corrected chi connectivity index (χ4v) is 3.50. The number of anilines is 1. The zero-order valence-corrected chi connectivity index (χ0v) is 17.1. The highest BCUT2D eigenvalue weighted by Crippen LogP contribution is 2.16. The first-order valence-corrected chi connectivity index (χ1v) is 8.22. The molecular formula is C16H23Cl3N4OS. The molecule has 2 N–H and O–H groups in total. The third kappa shape index (κ3) is 6.31. The number of benzene rings is 1. The Morgan fingerprint density at radius 3 is 2.44 bits per heavy atom. The fourth-order valence-electron chi connectivity index (χ4n) is 2.66. The zero-order chi connectivity index (χ0) is 15.5. The number of carbonyl (C=O) groups excluding carboxylic acids is 1. The fraction of sp³-hybridized carbons (Fsp3) is 0.375. The summed E-state index contributed by atoms with van der Waals surface area (Å²) in [6, 6.07) is 7.19. The number of nitrogens with zero attached hydrogens (tertiary/aromatic N) is 3. The minimum Gasteiger partial charge on any atom is -0.399 e. The van der Waals surface area contributed by atoms with Crippen molar-refractivity contribution in [3.8, 4) is 0 Å². The van der Waals surface area contributed by atoms with Gasteiger partial charge in [0.05, 0.1) is 5.01 Å². The zero-order valence-electron chi connectivity index (χ0n) is 13.9. The first-order chi connectivity index (χ1) is 10.6. The average Bonchev–Trinajstić information content (AvgIpc) is 2.92. The van der Waals surface area contributed by atoms with Gasteiger partial charge in [0.25, 0.3) is 5.91 Å². The van der Waals surface area contributed by atoms with Crippen LogP contribution in [0.2, 0.25) is 0 Å². The molecule has 0 spiro atoms. The van der Waals surface area contributed by atoms with E-state index in [4.69, 9.17) is 5.73 Å². The van der Waals surface area contributed by atoms with Gasteiger partial charge in [-0.05, 0) is 25.1 Å². The lowest BCUT2D eigenvalue weighted by atomic mass is 10.1. The molecule has 0 bridgehead atoms. The number of aromatic nitrogens is 1. The number of hydrogen-bond donors (Lipinski definition) is 1. The van der Waals surface area contributed by atoms with E-state index < -0.39 is 0 Å². The molecule has 0 saturated carbocycles. The molecule has 5 nitrogen and oxygen atoms in total. The largest absolute Gasteiger partial charge is 0.399 e. The quantitative estimate of drug-likeness (QED) is 0.767. The van der Waals surface area contributed by atoms with Crippen molar-refractivity contribution in [3.63, 3.8) is 0 Å². The van der Waals surface area contributed by atoms with E-state index in [-0.39, 0.29) is 43.1 Å². The van der Waals surface area contributed by atoms with Crippen LogP contribution in [-0.4, -0.2) is 46.9 Å². The highest BCUT2D eigenvalue weighted by Gasteiger charge is 2.22. The number of halogens is 3. The second kappa shape index (κ2) is 10.8. The van der Waals surface area contributed by atoms with E-state index in [1.807, 2.05) is 30.2 Å². The predicted molar refractivity (Wildman–Crippen MR) is 111 cm³/mol. The van der Waals surface area contributed by atoms with Gasteiger partial charge in [-0.3, -0.25) is 9.69 Å². The molecule has 1 fully saturated rings. The first-order valence-electron chi connectivity index (χ1n) is 7.40. The third-order valence-corrected chi connectivity index (χ3v) is 4.74. The summed E-state index contributed by atoms with van der Waals surface area (Å²) < 4.78 is 0. The van der Waals surface area contributed by atoms with Gasteiger partial charge in [0.2, 0.25) is 0 Å². The van der Waals surface area contributed by atoms with Crippen molar-refractivity contribution in [3.05, 3.63) is 45.9 Å². The maximum absolute atomic E-state index is 12.5. The molecule has 1 aliphatic rings. The van der Waals surface area contributed by atoms with E-state index in [0.29, 0.717) is 11.3 Å². The van der Waals surface area contributed by atoms with Crippen LogP contribution < -0.4 is 5.73 Å². The summed E-state index contributed by atoms with van der Waals surface area (Å²) in [6.07, 6.45) is 1.95. The van der Waals surface area contributed by atoms with Crippen LogP contribution in [0.1, 0.15) is 20.2 Å². The van der Waals surface area contributed by atoms with Crippen LogP contribution in [0.5, 0.6) is 0 Å². The minimum absolute atomic E-state index is 0. The molecule has 1 aromatic heterocycles. The molecule has 25 heavy (non-hydrogen) atoms. The normalized spacial score (nSPS) is 14.0. The highest BCUT2D eigenvalue weighted by molar-refractivity contribution is 7.11. The Balaban J connectivity index is 0.00000192. The van der Waals surface area contributed by atoms with Gasteiger partial charge in [0.15, 0.2) is 0 Å². The number of hydrogen-bond acceptors (Lipinski definition) is 5. The molecular weight excluding hydrogens is 403 g/mol. The summed E-state index contributed by atoms with van der Waals surface area (Å²) in [6.45, 7) is 6.25. The van der Waals surface area contributed by atoms with Gasteiger partial charge in [-0.25, -0.2) is 4.98 Å². The van der Waals surface area contributed by atoms with Gasteiger partial charge < -0.3 is 10.6 Å². The van der Waals surface area contributed by atoms with Crippen LogP contribution in [0.4, 0.5) is 5.69 Å². The lowest BCUT2D eigenvalue weighted by Crippen LogP contribution is -2.48. The van der Waals surface area contributed by atoms with Gasteiger partial charge in [-0.2, -0.15) is 0 Å². The Kier molecular flexibility index (Phi) is 10.4. The van der Waals surface area contributed by atoms with E-state index in [2.05, 4.69) is 9.88 Å². The Bertz CT molecular complexity index is 675. The molecule has 0 atom stereocenters. The van der Waals surface area contributed by atoms with Crippen LogP contribution >= 0.6 is 48.6 Å². The molecule has 3 rings (SSSR count). The summed E-state index contributed by atoms with van der Waals surface area (Å²) >= 11 is 1.74. The van der Waals surface area contributed by atoms with Gasteiger partial charge >= 0.3 is 0 Å². The lowest BCUT2D eigenvalue weighted by molar-refractivity contribution is 0.0629. The Morgan fingerprint density at radius 1 is 1.20 bits per heavy atom. The maximum atomic E-state index is 12.5. The molecule has 0 aliphatic carbocycles. The SMILES string of the molecule is Cc1ncc(CN2CCN(C(=O)c3cccc(N)c3)CC2)s1.Cl.Cl.Cl. The predicted octanol–water partition coefficient (Wildman–Crippen LogP) is 3.26. The molecule has 1 aromatic carbocycles. The Labute approximate surface area is 170 Å². The number of carbonyl (C=O) groups is 1. The first kappa shape index (κ1) is 23.9. The second-order valence-electron chi connectivity index (χ2n) is 5.54. The van der Waals surface area contributed by atoms with Crippen molar-refractivity contribution in [2.45, 2.75) is 13.5 Å². The van der Waals surface area contributed by atoms with Gasteiger partial charge in [-0.15, -0.1) is 48.6 Å². The van der Waals surface area contributed by atoms with Crippen LogP contribution in [0.3, 0.4) is 0 Å². The van der Waals surface area contributed by atoms with Crippen LogP contribution in [-0.2, 0) is 6.54 Å². The van der Waals surface area contributed by atoms with Crippen molar-refractivity contribution in [2.24, 2.45) is 0 Å². The highest BCUT2D eigenvalue weighted by atomic mass is 35.5. The summed E-state index contributed by atoms with van der Waals surface area (Å²) in [4.78, 5) is 22.3. The number of rotatable bonds is 3. The molecule has 1 saturated heterocycles. The van der Waals surface area contributed by atoms with Crippen LogP contribution in [0.25, 0.3) is 0 Å². The van der Waals surface area contributed by atoms with Gasteiger partial charge in [0, 0.05) is 55.0 Å². The van der Waals surface area contributed by atoms with Gasteiger partial charge in [0.1, 0.15) is 0 Å².